The number of hydrogen-bond acceptors (Lipinski definition) is 5. The Balaban J connectivity index is 2.83. The molecule has 1 amide bonds. The van der Waals surface area contributed by atoms with E-state index in [1.54, 1.807) is 0 Å². The molecule has 0 unspecified atom stereocenters. The molecule has 1 aromatic rings. The number of methoxy groups -OCH3 is 1. The van der Waals surface area contributed by atoms with Crippen molar-refractivity contribution in [2.75, 3.05) is 13.7 Å². The van der Waals surface area contributed by atoms with E-state index < -0.39 is 6.09 Å². The number of aliphatic imine (C=N–C) groups is 1. The lowest BCUT2D eigenvalue weighted by molar-refractivity contribution is 0.170. The van der Waals surface area contributed by atoms with Crippen LogP contribution in [-0.2, 0) is 11.2 Å². The Morgan fingerprint density at radius 1 is 1.40 bits per heavy atom. The number of ether oxygens (including phenoxy) is 1. The van der Waals surface area contributed by atoms with Gasteiger partial charge >= 0.3 is 6.09 Å². The van der Waals surface area contributed by atoms with Crippen LogP contribution in [0.1, 0.15) is 38.3 Å². The molecule has 25 heavy (non-hydrogen) atoms. The van der Waals surface area contributed by atoms with E-state index in [2.05, 4.69) is 15.0 Å². The number of carbonyl (C=O) groups is 1. The fourth-order valence-corrected chi connectivity index (χ4v) is 2.30. The predicted octanol–water partition coefficient (Wildman–Crippen LogP) is 2.51. The number of nitrogens with zero attached hydrogens (tertiary/aromatic N) is 1. The van der Waals surface area contributed by atoms with E-state index in [0.29, 0.717) is 6.42 Å². The summed E-state index contributed by atoms with van der Waals surface area (Å²) in [6, 6.07) is 7.80. The lowest BCUT2D eigenvalue weighted by Gasteiger charge is -2.14. The fourth-order valence-electron chi connectivity index (χ4n) is 2.30. The number of aliphatic hydroxyl groups excluding tert-OH is 1. The second-order valence-electron chi connectivity index (χ2n) is 5.96. The van der Waals surface area contributed by atoms with Gasteiger partial charge in [0.05, 0.1) is 18.8 Å². The Labute approximate surface area is 149 Å². The molecule has 4 N–H and O–H groups in total. The van der Waals surface area contributed by atoms with Gasteiger partial charge in [-0.15, -0.1) is 0 Å². The fraction of sp³-hybridized carbons (Fsp3) is 0.474. The van der Waals surface area contributed by atoms with Crippen molar-refractivity contribution in [2.24, 2.45) is 10.7 Å². The van der Waals surface area contributed by atoms with Gasteiger partial charge in [0.1, 0.15) is 0 Å². The molecule has 0 spiro atoms. The topological polar surface area (TPSA) is 96.9 Å². The van der Waals surface area contributed by atoms with Crippen LogP contribution in [0.3, 0.4) is 0 Å². The Morgan fingerprint density at radius 2 is 2.04 bits per heavy atom. The maximum Gasteiger partial charge on any atom is 0.407 e. The molecule has 0 aliphatic carbocycles. The van der Waals surface area contributed by atoms with Crippen LogP contribution in [-0.4, -0.2) is 42.7 Å². The molecule has 1 aromatic carbocycles. The Hall–Kier alpha value is -2.18. The maximum atomic E-state index is 11.3. The first-order valence-electron chi connectivity index (χ1n) is 8.43. The van der Waals surface area contributed by atoms with Crippen LogP contribution in [0.15, 0.2) is 35.3 Å². The number of allylic oxidation sites excluding steroid dienone is 1. The maximum absolute atomic E-state index is 11.3. The summed E-state index contributed by atoms with van der Waals surface area (Å²) in [6.07, 6.45) is 2.78. The van der Waals surface area contributed by atoms with Gasteiger partial charge in [0.25, 0.3) is 0 Å². The molecule has 0 saturated carbocycles. The van der Waals surface area contributed by atoms with E-state index >= 15 is 0 Å². The van der Waals surface area contributed by atoms with Crippen LogP contribution < -0.4 is 11.1 Å². The average molecular weight is 347 g/mol. The van der Waals surface area contributed by atoms with Crippen molar-refractivity contribution in [2.45, 2.75) is 45.7 Å². The molecule has 2 atom stereocenters. The van der Waals surface area contributed by atoms with Gasteiger partial charge in [-0.2, -0.15) is 0 Å². The highest BCUT2D eigenvalue weighted by Crippen LogP contribution is 2.18. The minimum Gasteiger partial charge on any atom is -0.453 e. The molecular weight excluding hydrogens is 318 g/mol. The van der Waals surface area contributed by atoms with Crippen molar-refractivity contribution in [3.8, 4) is 0 Å². The number of benzene rings is 1. The van der Waals surface area contributed by atoms with Crippen molar-refractivity contribution >= 4 is 17.5 Å². The molecule has 0 aliphatic heterocycles. The minimum absolute atomic E-state index is 0.0393. The molecule has 0 bridgehead atoms. The second kappa shape index (κ2) is 10.6. The first kappa shape index (κ1) is 20.9. The van der Waals surface area contributed by atoms with Gasteiger partial charge in [0.15, 0.2) is 0 Å². The summed E-state index contributed by atoms with van der Waals surface area (Å²) < 4.78 is 4.60. The molecule has 0 aromatic heterocycles. The molecular formula is C19H29N3O3. The Bertz CT molecular complexity index is 609. The van der Waals surface area contributed by atoms with Crippen molar-refractivity contribution in [1.82, 2.24) is 5.32 Å². The molecule has 0 fully saturated rings. The van der Waals surface area contributed by atoms with E-state index in [-0.39, 0.29) is 18.7 Å². The SMILES string of the molecule is C/C=C(\N=C(C)[C@@H](C)NC(=O)OC)c1ccc(C[C@H](N)CCO)cc1. The third-order valence-electron chi connectivity index (χ3n) is 3.96. The van der Waals surface area contributed by atoms with Crippen molar-refractivity contribution in [3.63, 3.8) is 0 Å². The number of rotatable bonds is 8. The summed E-state index contributed by atoms with van der Waals surface area (Å²) in [5.41, 5.74) is 9.69. The monoisotopic (exact) mass is 347 g/mol. The third kappa shape index (κ3) is 7.07. The molecule has 6 heteroatoms. The normalized spacial score (nSPS) is 14.8. The highest BCUT2D eigenvalue weighted by atomic mass is 16.5. The largest absolute Gasteiger partial charge is 0.453 e. The van der Waals surface area contributed by atoms with Crippen LogP contribution >= 0.6 is 0 Å². The zero-order valence-corrected chi connectivity index (χ0v) is 15.5. The molecule has 0 saturated heterocycles. The number of carbonyl (C=O) groups excluding carboxylic acids is 1. The van der Waals surface area contributed by atoms with Gasteiger partial charge in [-0.05, 0) is 44.7 Å². The van der Waals surface area contributed by atoms with Crippen molar-refractivity contribution in [3.05, 3.63) is 41.5 Å². The number of nitrogens with one attached hydrogen (secondary N) is 1. The lowest BCUT2D eigenvalue weighted by atomic mass is 10.0. The molecule has 138 valence electrons. The molecule has 0 heterocycles. The minimum atomic E-state index is -0.479. The van der Waals surface area contributed by atoms with Crippen molar-refractivity contribution < 1.29 is 14.6 Å². The molecule has 0 radical (unpaired) electrons. The van der Waals surface area contributed by atoms with Gasteiger partial charge in [0, 0.05) is 18.4 Å². The predicted molar refractivity (Wildman–Crippen MR) is 102 cm³/mol. The van der Waals surface area contributed by atoms with Crippen LogP contribution in [0.4, 0.5) is 4.79 Å². The number of nitrogens with two attached hydrogens (primary N) is 1. The van der Waals surface area contributed by atoms with Crippen LogP contribution in [0.5, 0.6) is 0 Å². The van der Waals surface area contributed by atoms with Gasteiger partial charge < -0.3 is 20.9 Å². The highest BCUT2D eigenvalue weighted by Gasteiger charge is 2.11. The number of alkyl carbamates (subject to hydrolysis) is 1. The van der Waals surface area contributed by atoms with Gasteiger partial charge in [-0.25, -0.2) is 4.79 Å². The zero-order valence-electron chi connectivity index (χ0n) is 15.5. The quantitative estimate of drug-likeness (QED) is 0.629. The first-order valence-corrected chi connectivity index (χ1v) is 8.43. The Morgan fingerprint density at radius 3 is 2.56 bits per heavy atom. The lowest BCUT2D eigenvalue weighted by Crippen LogP contribution is -2.37. The van der Waals surface area contributed by atoms with Crippen LogP contribution in [0, 0.1) is 0 Å². The summed E-state index contributed by atoms with van der Waals surface area (Å²) in [7, 11) is 1.33. The zero-order chi connectivity index (χ0) is 18.8. The van der Waals surface area contributed by atoms with Gasteiger partial charge in [0.2, 0.25) is 0 Å². The summed E-state index contributed by atoms with van der Waals surface area (Å²) in [6.45, 7) is 5.75. The van der Waals surface area contributed by atoms with E-state index in [1.165, 1.54) is 7.11 Å². The van der Waals surface area contributed by atoms with Gasteiger partial charge in [-0.1, -0.05) is 30.3 Å². The van der Waals surface area contributed by atoms with E-state index in [1.807, 2.05) is 51.1 Å². The number of hydrogen-bond donors (Lipinski definition) is 3. The highest BCUT2D eigenvalue weighted by molar-refractivity contribution is 5.93. The van der Waals surface area contributed by atoms with E-state index in [0.717, 1.165) is 29.0 Å². The molecule has 0 aliphatic rings. The number of aliphatic hydroxyl groups is 1. The standard InChI is InChI=1S/C19H29N3O3/c1-5-18(21-13(2)14(3)22-19(24)25-4)16-8-6-15(7-9-16)12-17(20)10-11-23/h5-9,14,17,23H,10-12,20H2,1-4H3,(H,22,24)/b18-5-,21-13?/t14-,17-/m1/s1. The second-order valence-corrected chi connectivity index (χ2v) is 5.96. The smallest absolute Gasteiger partial charge is 0.407 e. The van der Waals surface area contributed by atoms with Gasteiger partial charge in [-0.3, -0.25) is 4.99 Å². The Kier molecular flexibility index (Phi) is 8.88. The summed E-state index contributed by atoms with van der Waals surface area (Å²) >= 11 is 0. The van der Waals surface area contributed by atoms with Crippen molar-refractivity contribution in [1.29, 1.82) is 0 Å². The first-order chi connectivity index (χ1) is 11.9. The number of amides is 1. The van der Waals surface area contributed by atoms with E-state index in [4.69, 9.17) is 10.8 Å². The van der Waals surface area contributed by atoms with Crippen LogP contribution in [0.2, 0.25) is 0 Å². The van der Waals surface area contributed by atoms with Crippen LogP contribution in [0.25, 0.3) is 5.70 Å². The average Bonchev–Trinajstić information content (AvgIpc) is 2.60. The molecule has 1 rings (SSSR count). The van der Waals surface area contributed by atoms with E-state index in [9.17, 15) is 4.79 Å². The summed E-state index contributed by atoms with van der Waals surface area (Å²) in [5, 5.41) is 11.6. The third-order valence-corrected chi connectivity index (χ3v) is 3.96. The summed E-state index contributed by atoms with van der Waals surface area (Å²) in [5.74, 6) is 0. The molecule has 6 nitrogen and oxygen atoms in total. The summed E-state index contributed by atoms with van der Waals surface area (Å²) in [4.78, 5) is 15.9.